The van der Waals surface area contributed by atoms with Crippen molar-refractivity contribution in [3.63, 3.8) is 0 Å². The van der Waals surface area contributed by atoms with Crippen molar-refractivity contribution in [3.8, 4) is 5.88 Å². The van der Waals surface area contributed by atoms with Crippen LogP contribution in [-0.4, -0.2) is 16.1 Å². The maximum atomic E-state index is 5.44. The van der Waals surface area contributed by atoms with Crippen LogP contribution in [0.2, 0.25) is 0 Å². The maximum Gasteiger partial charge on any atom is 0.218 e. The fraction of sp³-hybridized carbons (Fsp3) is 0.500. The monoisotopic (exact) mass is 167 g/mol. The van der Waals surface area contributed by atoms with E-state index in [1.54, 1.807) is 6.07 Å². The lowest BCUT2D eigenvalue weighted by atomic mass is 10.3. The summed E-state index contributed by atoms with van der Waals surface area (Å²) >= 11 is 0. The Balaban J connectivity index is 2.63. The van der Waals surface area contributed by atoms with Gasteiger partial charge >= 0.3 is 0 Å². The van der Waals surface area contributed by atoms with Crippen LogP contribution in [0.3, 0.4) is 0 Å². The van der Waals surface area contributed by atoms with Gasteiger partial charge in [0, 0.05) is 6.07 Å². The molecule has 0 aliphatic carbocycles. The molecule has 1 rings (SSSR count). The third-order valence-corrected chi connectivity index (χ3v) is 1.56. The third kappa shape index (κ3) is 2.38. The number of nitrogens with two attached hydrogens (primary N) is 1. The molecule has 0 spiro atoms. The lowest BCUT2D eigenvalue weighted by Crippen LogP contribution is -2.11. The SMILES string of the molecule is CCC(C)Oc1cc(N)ncn1. The summed E-state index contributed by atoms with van der Waals surface area (Å²) in [6.45, 7) is 4.04. The summed E-state index contributed by atoms with van der Waals surface area (Å²) in [6, 6.07) is 1.62. The third-order valence-electron chi connectivity index (χ3n) is 1.56. The van der Waals surface area contributed by atoms with E-state index < -0.39 is 0 Å². The van der Waals surface area contributed by atoms with Crippen molar-refractivity contribution in [3.05, 3.63) is 12.4 Å². The molecule has 2 N–H and O–H groups in total. The molecule has 66 valence electrons. The minimum atomic E-state index is 0.166. The van der Waals surface area contributed by atoms with E-state index in [-0.39, 0.29) is 6.10 Å². The smallest absolute Gasteiger partial charge is 0.218 e. The van der Waals surface area contributed by atoms with Crippen LogP contribution in [0, 0.1) is 0 Å². The molecule has 0 aromatic carbocycles. The number of aromatic nitrogens is 2. The van der Waals surface area contributed by atoms with Gasteiger partial charge in [-0.15, -0.1) is 0 Å². The zero-order valence-electron chi connectivity index (χ0n) is 7.32. The fourth-order valence-electron chi connectivity index (χ4n) is 0.707. The summed E-state index contributed by atoms with van der Waals surface area (Å²) in [5, 5.41) is 0. The molecule has 1 aromatic rings. The quantitative estimate of drug-likeness (QED) is 0.735. The highest BCUT2D eigenvalue weighted by molar-refractivity contribution is 5.30. The van der Waals surface area contributed by atoms with Crippen LogP contribution in [0.5, 0.6) is 5.88 Å². The van der Waals surface area contributed by atoms with E-state index in [4.69, 9.17) is 10.5 Å². The van der Waals surface area contributed by atoms with E-state index >= 15 is 0 Å². The summed E-state index contributed by atoms with van der Waals surface area (Å²) in [5.74, 6) is 0.972. The van der Waals surface area contributed by atoms with Crippen LogP contribution in [-0.2, 0) is 0 Å². The molecule has 12 heavy (non-hydrogen) atoms. The van der Waals surface area contributed by atoms with Gasteiger partial charge < -0.3 is 10.5 Å². The molecular formula is C8H13N3O. The average molecular weight is 167 g/mol. The minimum absolute atomic E-state index is 0.166. The van der Waals surface area contributed by atoms with Crippen LogP contribution in [0.25, 0.3) is 0 Å². The van der Waals surface area contributed by atoms with Gasteiger partial charge in [0.15, 0.2) is 0 Å². The Bertz CT molecular complexity index is 252. The summed E-state index contributed by atoms with van der Waals surface area (Å²) in [5.41, 5.74) is 5.44. The normalized spacial score (nSPS) is 12.5. The molecule has 4 nitrogen and oxygen atoms in total. The Labute approximate surface area is 71.8 Å². The van der Waals surface area contributed by atoms with Crippen molar-refractivity contribution < 1.29 is 4.74 Å². The standard InChI is InChI=1S/C8H13N3O/c1-3-6(2)12-8-4-7(9)10-5-11-8/h4-6H,3H2,1-2H3,(H2,9,10,11). The first-order valence-electron chi connectivity index (χ1n) is 3.96. The molecule has 4 heteroatoms. The van der Waals surface area contributed by atoms with Gasteiger partial charge in [0.1, 0.15) is 12.1 Å². The predicted molar refractivity (Wildman–Crippen MR) is 46.8 cm³/mol. The molecule has 0 amide bonds. The second-order valence-corrected chi connectivity index (χ2v) is 2.62. The van der Waals surface area contributed by atoms with E-state index in [1.807, 2.05) is 6.92 Å². The van der Waals surface area contributed by atoms with E-state index in [2.05, 4.69) is 16.9 Å². The van der Waals surface area contributed by atoms with Crippen LogP contribution in [0.15, 0.2) is 12.4 Å². The summed E-state index contributed by atoms with van der Waals surface area (Å²) < 4.78 is 5.41. The number of nitrogens with zero attached hydrogens (tertiary/aromatic N) is 2. The second-order valence-electron chi connectivity index (χ2n) is 2.62. The lowest BCUT2D eigenvalue weighted by molar-refractivity contribution is 0.208. The van der Waals surface area contributed by atoms with Gasteiger partial charge in [-0.3, -0.25) is 0 Å². The molecule has 1 atom stereocenters. The topological polar surface area (TPSA) is 61.0 Å². The summed E-state index contributed by atoms with van der Waals surface area (Å²) in [7, 11) is 0. The number of nitrogen functional groups attached to an aromatic ring is 1. The molecule has 0 fully saturated rings. The maximum absolute atomic E-state index is 5.44. The molecule has 0 aliphatic heterocycles. The summed E-state index contributed by atoms with van der Waals surface area (Å²) in [6.07, 6.45) is 2.51. The average Bonchev–Trinajstić information content (AvgIpc) is 2.04. The Kier molecular flexibility index (Phi) is 2.85. The first kappa shape index (κ1) is 8.77. The molecule has 1 heterocycles. The number of ether oxygens (including phenoxy) is 1. The van der Waals surface area contributed by atoms with Crippen molar-refractivity contribution in [1.82, 2.24) is 9.97 Å². The highest BCUT2D eigenvalue weighted by atomic mass is 16.5. The van der Waals surface area contributed by atoms with Crippen molar-refractivity contribution >= 4 is 5.82 Å². The van der Waals surface area contributed by atoms with Crippen molar-refractivity contribution in [1.29, 1.82) is 0 Å². The zero-order valence-corrected chi connectivity index (χ0v) is 7.32. The molecule has 0 radical (unpaired) electrons. The van der Waals surface area contributed by atoms with Crippen molar-refractivity contribution in [2.75, 3.05) is 5.73 Å². The van der Waals surface area contributed by atoms with Gasteiger partial charge in [0.05, 0.1) is 6.10 Å². The van der Waals surface area contributed by atoms with Gasteiger partial charge in [0.2, 0.25) is 5.88 Å². The van der Waals surface area contributed by atoms with Gasteiger partial charge in [-0.2, -0.15) is 0 Å². The Morgan fingerprint density at radius 3 is 2.92 bits per heavy atom. The molecular weight excluding hydrogens is 154 g/mol. The van der Waals surface area contributed by atoms with E-state index in [0.717, 1.165) is 6.42 Å². The lowest BCUT2D eigenvalue weighted by Gasteiger charge is -2.10. The summed E-state index contributed by atoms with van der Waals surface area (Å²) in [4.78, 5) is 7.67. The largest absolute Gasteiger partial charge is 0.475 e. The van der Waals surface area contributed by atoms with Gasteiger partial charge in [-0.1, -0.05) is 6.92 Å². The predicted octanol–water partition coefficient (Wildman–Crippen LogP) is 1.24. The molecule has 1 aromatic heterocycles. The minimum Gasteiger partial charge on any atom is -0.475 e. The highest BCUT2D eigenvalue weighted by Crippen LogP contribution is 2.10. The van der Waals surface area contributed by atoms with Crippen molar-refractivity contribution in [2.45, 2.75) is 26.4 Å². The number of anilines is 1. The van der Waals surface area contributed by atoms with Gasteiger partial charge in [-0.05, 0) is 13.3 Å². The molecule has 0 aliphatic rings. The fourth-order valence-corrected chi connectivity index (χ4v) is 0.707. The first-order valence-corrected chi connectivity index (χ1v) is 3.96. The number of hydrogen-bond acceptors (Lipinski definition) is 4. The Morgan fingerprint density at radius 1 is 1.58 bits per heavy atom. The van der Waals surface area contributed by atoms with Crippen LogP contribution < -0.4 is 10.5 Å². The van der Waals surface area contributed by atoms with E-state index in [1.165, 1.54) is 6.33 Å². The van der Waals surface area contributed by atoms with Crippen LogP contribution in [0.4, 0.5) is 5.82 Å². The highest BCUT2D eigenvalue weighted by Gasteiger charge is 2.01. The second kappa shape index (κ2) is 3.90. The Hall–Kier alpha value is -1.32. The molecule has 1 unspecified atom stereocenters. The molecule has 0 bridgehead atoms. The first-order chi connectivity index (χ1) is 5.72. The number of hydrogen-bond donors (Lipinski definition) is 1. The Morgan fingerprint density at radius 2 is 2.33 bits per heavy atom. The molecule has 0 saturated carbocycles. The van der Waals surface area contributed by atoms with E-state index in [9.17, 15) is 0 Å². The van der Waals surface area contributed by atoms with Gasteiger partial charge in [0.25, 0.3) is 0 Å². The van der Waals surface area contributed by atoms with Crippen LogP contribution >= 0.6 is 0 Å². The zero-order chi connectivity index (χ0) is 8.97. The number of rotatable bonds is 3. The van der Waals surface area contributed by atoms with E-state index in [0.29, 0.717) is 11.7 Å². The van der Waals surface area contributed by atoms with Crippen molar-refractivity contribution in [2.24, 2.45) is 0 Å². The van der Waals surface area contributed by atoms with Crippen LogP contribution in [0.1, 0.15) is 20.3 Å². The van der Waals surface area contributed by atoms with Gasteiger partial charge in [-0.25, -0.2) is 9.97 Å². The molecule has 0 saturated heterocycles.